The molecule has 0 bridgehead atoms. The fourth-order valence-electron chi connectivity index (χ4n) is 3.38. The maximum Gasteiger partial charge on any atom is 0.251 e. The average molecular weight is 353 g/mol. The van der Waals surface area contributed by atoms with Crippen molar-refractivity contribution in [3.8, 4) is 11.1 Å². The van der Waals surface area contributed by atoms with Crippen molar-refractivity contribution < 1.29 is 4.79 Å². The second-order valence-electron chi connectivity index (χ2n) is 6.18. The molecule has 128 valence electrons. The van der Waals surface area contributed by atoms with Gasteiger partial charge in [0.15, 0.2) is 0 Å². The topological polar surface area (TPSA) is 48.0 Å². The second-order valence-corrected chi connectivity index (χ2v) is 6.62. The number of aryl methyl sites for hydroxylation is 1. The number of aromatic nitrogens is 1. The third-order valence-corrected chi connectivity index (χ3v) is 4.88. The van der Waals surface area contributed by atoms with Gasteiger partial charge < -0.3 is 10.3 Å². The van der Waals surface area contributed by atoms with Crippen molar-refractivity contribution in [2.75, 3.05) is 0 Å². The van der Waals surface area contributed by atoms with Gasteiger partial charge in [-0.3, -0.25) is 4.79 Å². The van der Waals surface area contributed by atoms with Crippen LogP contribution in [0.25, 0.3) is 11.1 Å². The van der Waals surface area contributed by atoms with E-state index in [9.17, 15) is 4.79 Å². The van der Waals surface area contributed by atoms with E-state index in [0.717, 1.165) is 35.5 Å². The molecule has 1 heterocycles. The lowest BCUT2D eigenvalue weighted by atomic mass is 10.0. The van der Waals surface area contributed by atoms with E-state index in [1.807, 2.05) is 56.3 Å². The summed E-state index contributed by atoms with van der Waals surface area (Å²) >= 11 is 6.00. The Morgan fingerprint density at radius 2 is 1.64 bits per heavy atom. The number of benzene rings is 2. The van der Waals surface area contributed by atoms with Crippen molar-refractivity contribution in [3.05, 3.63) is 82.1 Å². The lowest BCUT2D eigenvalue weighted by Gasteiger charge is -2.10. The van der Waals surface area contributed by atoms with Crippen LogP contribution in [0, 0.1) is 13.8 Å². The van der Waals surface area contributed by atoms with Gasteiger partial charge in [-0.2, -0.15) is 0 Å². The Morgan fingerprint density at radius 3 is 2.24 bits per heavy atom. The number of hydrogen-bond donors (Lipinski definition) is 1. The van der Waals surface area contributed by atoms with E-state index < -0.39 is 5.91 Å². The number of amides is 1. The van der Waals surface area contributed by atoms with Gasteiger partial charge in [0, 0.05) is 28.5 Å². The molecule has 0 aliphatic heterocycles. The number of carbonyl (C=O) groups excluding carboxylic acids is 1. The van der Waals surface area contributed by atoms with Crippen LogP contribution < -0.4 is 5.73 Å². The monoisotopic (exact) mass is 352 g/mol. The van der Waals surface area contributed by atoms with Gasteiger partial charge in [-0.05, 0) is 43.5 Å². The minimum Gasteiger partial charge on any atom is -0.366 e. The molecule has 0 aliphatic carbocycles. The molecule has 0 saturated heterocycles. The van der Waals surface area contributed by atoms with Gasteiger partial charge in [-0.1, -0.05) is 54.1 Å². The fourth-order valence-corrected chi connectivity index (χ4v) is 3.50. The van der Waals surface area contributed by atoms with Crippen LogP contribution >= 0.6 is 11.6 Å². The highest BCUT2D eigenvalue weighted by Crippen LogP contribution is 2.33. The predicted octanol–water partition coefficient (Wildman–Crippen LogP) is 4.77. The molecule has 0 saturated carbocycles. The molecule has 2 aromatic carbocycles. The molecule has 25 heavy (non-hydrogen) atoms. The summed E-state index contributed by atoms with van der Waals surface area (Å²) in [5.74, 6) is -0.399. The lowest BCUT2D eigenvalue weighted by Crippen LogP contribution is -2.13. The fraction of sp³-hybridized carbons (Fsp3) is 0.190. The highest BCUT2D eigenvalue weighted by atomic mass is 35.5. The quantitative estimate of drug-likeness (QED) is 0.706. The minimum atomic E-state index is -0.399. The summed E-state index contributed by atoms with van der Waals surface area (Å²) in [4.78, 5) is 12.1. The zero-order valence-corrected chi connectivity index (χ0v) is 15.2. The maximum absolute atomic E-state index is 12.1. The number of nitrogens with zero attached hydrogens (tertiary/aromatic N) is 1. The van der Waals surface area contributed by atoms with Crippen LogP contribution in [-0.4, -0.2) is 10.5 Å². The van der Waals surface area contributed by atoms with Crippen LogP contribution in [0.1, 0.15) is 27.3 Å². The SMILES string of the molecule is Cc1c(C(N)=O)c(-c2ccc(Cl)cc2)c(C)n1CCc1ccccc1. The summed E-state index contributed by atoms with van der Waals surface area (Å²) in [5, 5.41) is 0.669. The number of rotatable bonds is 5. The first kappa shape index (κ1) is 17.3. The molecule has 0 spiro atoms. The number of primary amides is 1. The Hall–Kier alpha value is -2.52. The Balaban J connectivity index is 2.03. The Morgan fingerprint density at radius 1 is 1.00 bits per heavy atom. The van der Waals surface area contributed by atoms with Crippen molar-refractivity contribution in [3.63, 3.8) is 0 Å². The van der Waals surface area contributed by atoms with Crippen LogP contribution in [0.3, 0.4) is 0 Å². The normalized spacial score (nSPS) is 10.8. The average Bonchev–Trinajstić information content (AvgIpc) is 2.85. The van der Waals surface area contributed by atoms with Crippen molar-refractivity contribution >= 4 is 17.5 Å². The third kappa shape index (κ3) is 3.47. The summed E-state index contributed by atoms with van der Waals surface area (Å²) < 4.78 is 2.18. The first-order chi connectivity index (χ1) is 12.0. The Labute approximate surface area is 153 Å². The van der Waals surface area contributed by atoms with E-state index in [4.69, 9.17) is 17.3 Å². The van der Waals surface area contributed by atoms with Crippen LogP contribution in [0.5, 0.6) is 0 Å². The molecule has 3 rings (SSSR count). The lowest BCUT2D eigenvalue weighted by molar-refractivity contribution is 0.1000. The Bertz CT molecular complexity index is 896. The molecular weight excluding hydrogens is 332 g/mol. The van der Waals surface area contributed by atoms with Crippen LogP contribution in [0.4, 0.5) is 0 Å². The van der Waals surface area contributed by atoms with Crippen LogP contribution in [-0.2, 0) is 13.0 Å². The zero-order chi connectivity index (χ0) is 18.0. The molecule has 0 aliphatic rings. The van der Waals surface area contributed by atoms with Gasteiger partial charge in [0.05, 0.1) is 5.56 Å². The third-order valence-electron chi connectivity index (χ3n) is 4.63. The molecule has 1 aromatic heterocycles. The highest BCUT2D eigenvalue weighted by Gasteiger charge is 2.22. The summed E-state index contributed by atoms with van der Waals surface area (Å²) in [6, 6.07) is 17.8. The number of hydrogen-bond acceptors (Lipinski definition) is 1. The van der Waals surface area contributed by atoms with E-state index in [1.54, 1.807) is 0 Å². The van der Waals surface area contributed by atoms with Gasteiger partial charge in [0.2, 0.25) is 0 Å². The number of halogens is 1. The molecule has 0 unspecified atom stereocenters. The molecule has 0 radical (unpaired) electrons. The van der Waals surface area contributed by atoms with E-state index in [2.05, 4.69) is 16.7 Å². The van der Waals surface area contributed by atoms with E-state index in [0.29, 0.717) is 10.6 Å². The molecule has 2 N–H and O–H groups in total. The van der Waals surface area contributed by atoms with Crippen molar-refractivity contribution in [1.29, 1.82) is 0 Å². The van der Waals surface area contributed by atoms with Crippen LogP contribution in [0.15, 0.2) is 54.6 Å². The molecule has 4 heteroatoms. The molecular formula is C21H21ClN2O. The van der Waals surface area contributed by atoms with Gasteiger partial charge in [0.25, 0.3) is 5.91 Å². The predicted molar refractivity (Wildman–Crippen MR) is 103 cm³/mol. The molecule has 1 amide bonds. The van der Waals surface area contributed by atoms with Gasteiger partial charge in [0.1, 0.15) is 0 Å². The van der Waals surface area contributed by atoms with Crippen molar-refractivity contribution in [2.45, 2.75) is 26.8 Å². The number of carbonyl (C=O) groups is 1. The molecule has 0 atom stereocenters. The summed E-state index contributed by atoms with van der Waals surface area (Å²) in [5.41, 5.74) is 11.4. The zero-order valence-electron chi connectivity index (χ0n) is 14.4. The summed E-state index contributed by atoms with van der Waals surface area (Å²) in [6.07, 6.45) is 0.898. The van der Waals surface area contributed by atoms with E-state index in [1.165, 1.54) is 5.56 Å². The van der Waals surface area contributed by atoms with Gasteiger partial charge >= 0.3 is 0 Å². The first-order valence-electron chi connectivity index (χ1n) is 8.28. The molecule has 3 aromatic rings. The number of nitrogens with two attached hydrogens (primary N) is 1. The maximum atomic E-state index is 12.1. The second kappa shape index (κ2) is 7.16. The van der Waals surface area contributed by atoms with Gasteiger partial charge in [-0.15, -0.1) is 0 Å². The molecule has 3 nitrogen and oxygen atoms in total. The van der Waals surface area contributed by atoms with Crippen molar-refractivity contribution in [1.82, 2.24) is 4.57 Å². The Kier molecular flexibility index (Phi) is 4.95. The van der Waals surface area contributed by atoms with Crippen molar-refractivity contribution in [2.24, 2.45) is 5.73 Å². The van der Waals surface area contributed by atoms with E-state index in [-0.39, 0.29) is 0 Å². The smallest absolute Gasteiger partial charge is 0.251 e. The summed E-state index contributed by atoms with van der Waals surface area (Å²) in [6.45, 7) is 4.79. The van der Waals surface area contributed by atoms with E-state index >= 15 is 0 Å². The molecule has 0 fully saturated rings. The minimum absolute atomic E-state index is 0.399. The van der Waals surface area contributed by atoms with Gasteiger partial charge in [-0.25, -0.2) is 0 Å². The summed E-state index contributed by atoms with van der Waals surface area (Å²) in [7, 11) is 0. The first-order valence-corrected chi connectivity index (χ1v) is 8.66. The van der Waals surface area contributed by atoms with Crippen LogP contribution in [0.2, 0.25) is 5.02 Å². The standard InChI is InChI=1S/C21H21ClN2O/c1-14-19(17-8-10-18(22)11-9-17)20(21(23)25)15(2)24(14)13-12-16-6-4-3-5-7-16/h3-11H,12-13H2,1-2H3,(H2,23,25). The largest absolute Gasteiger partial charge is 0.366 e. The highest BCUT2D eigenvalue weighted by molar-refractivity contribution is 6.30.